The summed E-state index contributed by atoms with van der Waals surface area (Å²) >= 11 is 0. The Morgan fingerprint density at radius 1 is 0.889 bits per heavy atom. The van der Waals surface area contributed by atoms with Gasteiger partial charge in [-0.1, -0.05) is 17.7 Å². The van der Waals surface area contributed by atoms with Crippen molar-refractivity contribution in [1.82, 2.24) is 4.98 Å². The molecule has 0 aliphatic carbocycles. The minimum absolute atomic E-state index is 0.284. The van der Waals surface area contributed by atoms with Crippen LogP contribution in [-0.4, -0.2) is 24.1 Å². The summed E-state index contributed by atoms with van der Waals surface area (Å²) in [6.07, 6.45) is 1.64. The average molecular weight is 361 g/mol. The largest absolute Gasteiger partial charge is 0.486 e. The lowest BCUT2D eigenvalue weighted by molar-refractivity contribution is 0.102. The number of nitrogens with one attached hydrogen (secondary N) is 2. The first-order chi connectivity index (χ1) is 13.2. The summed E-state index contributed by atoms with van der Waals surface area (Å²) in [6, 6.07) is 16.9. The Bertz CT molecular complexity index is 953. The Hall–Kier alpha value is -3.54. The van der Waals surface area contributed by atoms with Crippen LogP contribution in [0.2, 0.25) is 0 Å². The van der Waals surface area contributed by atoms with E-state index in [0.717, 1.165) is 11.4 Å². The summed E-state index contributed by atoms with van der Waals surface area (Å²) in [5, 5.41) is 6.08. The van der Waals surface area contributed by atoms with Gasteiger partial charge in [0.25, 0.3) is 5.91 Å². The number of amides is 1. The van der Waals surface area contributed by atoms with Crippen LogP contribution in [0.15, 0.2) is 60.8 Å². The highest BCUT2D eigenvalue weighted by molar-refractivity contribution is 6.03. The van der Waals surface area contributed by atoms with Crippen LogP contribution >= 0.6 is 0 Å². The Balaban J connectivity index is 1.42. The first-order valence-electron chi connectivity index (χ1n) is 8.68. The van der Waals surface area contributed by atoms with Crippen molar-refractivity contribution in [3.05, 3.63) is 72.1 Å². The average Bonchev–Trinajstić information content (AvgIpc) is 2.70. The van der Waals surface area contributed by atoms with Crippen LogP contribution in [0.25, 0.3) is 0 Å². The molecular formula is C21H19N3O3. The molecule has 27 heavy (non-hydrogen) atoms. The lowest BCUT2D eigenvalue weighted by atomic mass is 10.2. The van der Waals surface area contributed by atoms with Gasteiger partial charge >= 0.3 is 0 Å². The SMILES string of the molecule is Cc1ccc(Nc2ccc(C(=O)Nc3ccc4c(c3)OCCO4)nc2)cc1. The molecule has 2 heterocycles. The highest BCUT2D eigenvalue weighted by atomic mass is 16.6. The number of rotatable bonds is 4. The zero-order valence-electron chi connectivity index (χ0n) is 14.9. The number of carbonyl (C=O) groups is 1. The highest BCUT2D eigenvalue weighted by Crippen LogP contribution is 2.32. The Morgan fingerprint density at radius 2 is 1.59 bits per heavy atom. The number of carbonyl (C=O) groups excluding carboxylic acids is 1. The monoisotopic (exact) mass is 361 g/mol. The molecule has 6 nitrogen and oxygen atoms in total. The molecule has 4 rings (SSSR count). The van der Waals surface area contributed by atoms with Crippen LogP contribution in [0.4, 0.5) is 17.1 Å². The summed E-state index contributed by atoms with van der Waals surface area (Å²) in [7, 11) is 0. The number of hydrogen-bond donors (Lipinski definition) is 2. The minimum atomic E-state index is -0.284. The molecule has 0 bridgehead atoms. The fourth-order valence-corrected chi connectivity index (χ4v) is 2.72. The fraction of sp³-hybridized carbons (Fsp3) is 0.143. The van der Waals surface area contributed by atoms with Crippen LogP contribution in [-0.2, 0) is 0 Å². The van der Waals surface area contributed by atoms with Gasteiger partial charge in [-0.25, -0.2) is 4.98 Å². The van der Waals surface area contributed by atoms with E-state index >= 15 is 0 Å². The van der Waals surface area contributed by atoms with E-state index in [1.165, 1.54) is 5.56 Å². The van der Waals surface area contributed by atoms with Crippen molar-refractivity contribution in [2.75, 3.05) is 23.8 Å². The first-order valence-corrected chi connectivity index (χ1v) is 8.68. The number of fused-ring (bicyclic) bond motifs is 1. The van der Waals surface area contributed by atoms with Gasteiger partial charge in [-0.2, -0.15) is 0 Å². The molecule has 0 radical (unpaired) electrons. The number of ether oxygens (including phenoxy) is 2. The summed E-state index contributed by atoms with van der Waals surface area (Å²) in [6.45, 7) is 3.08. The maximum atomic E-state index is 12.4. The molecular weight excluding hydrogens is 342 g/mol. The predicted molar refractivity (Wildman–Crippen MR) is 104 cm³/mol. The molecule has 2 aromatic carbocycles. The minimum Gasteiger partial charge on any atom is -0.486 e. The van der Waals surface area contributed by atoms with E-state index < -0.39 is 0 Å². The second-order valence-electron chi connectivity index (χ2n) is 6.24. The van der Waals surface area contributed by atoms with Crippen LogP contribution in [0.3, 0.4) is 0 Å². The number of hydrogen-bond acceptors (Lipinski definition) is 5. The summed E-state index contributed by atoms with van der Waals surface area (Å²) in [5.41, 5.74) is 3.95. The molecule has 1 amide bonds. The van der Waals surface area contributed by atoms with Crippen LogP contribution in [0, 0.1) is 6.92 Å². The van der Waals surface area contributed by atoms with Gasteiger partial charge in [0.05, 0.1) is 11.9 Å². The van der Waals surface area contributed by atoms with Crippen LogP contribution in [0.5, 0.6) is 11.5 Å². The zero-order chi connectivity index (χ0) is 18.6. The number of aromatic nitrogens is 1. The van der Waals surface area contributed by atoms with Crippen LogP contribution < -0.4 is 20.1 Å². The molecule has 6 heteroatoms. The molecule has 2 N–H and O–H groups in total. The first kappa shape index (κ1) is 16.9. The van der Waals surface area contributed by atoms with Gasteiger partial charge < -0.3 is 20.1 Å². The second-order valence-corrected chi connectivity index (χ2v) is 6.24. The van der Waals surface area contributed by atoms with Gasteiger partial charge in [0, 0.05) is 17.4 Å². The van der Waals surface area contributed by atoms with Crippen LogP contribution in [0.1, 0.15) is 16.1 Å². The summed E-state index contributed by atoms with van der Waals surface area (Å²) < 4.78 is 11.0. The van der Waals surface area contributed by atoms with Crippen molar-refractivity contribution in [1.29, 1.82) is 0 Å². The van der Waals surface area contributed by atoms with Gasteiger partial charge in [0.2, 0.25) is 0 Å². The zero-order valence-corrected chi connectivity index (χ0v) is 14.9. The van der Waals surface area contributed by atoms with Gasteiger partial charge in [0.1, 0.15) is 18.9 Å². The van der Waals surface area contributed by atoms with E-state index in [0.29, 0.717) is 36.1 Å². The number of benzene rings is 2. The molecule has 1 aliphatic rings. The lowest BCUT2D eigenvalue weighted by Gasteiger charge is -2.19. The Morgan fingerprint density at radius 3 is 2.33 bits per heavy atom. The smallest absolute Gasteiger partial charge is 0.274 e. The van der Waals surface area contributed by atoms with E-state index in [9.17, 15) is 4.79 Å². The summed E-state index contributed by atoms with van der Waals surface area (Å²) in [5.74, 6) is 1.03. The Kier molecular flexibility index (Phi) is 4.61. The molecule has 136 valence electrons. The second kappa shape index (κ2) is 7.37. The van der Waals surface area contributed by atoms with Gasteiger partial charge in [-0.3, -0.25) is 4.79 Å². The van der Waals surface area contributed by atoms with E-state index in [2.05, 4.69) is 15.6 Å². The topological polar surface area (TPSA) is 72.5 Å². The standard InChI is InChI=1S/C21H19N3O3/c1-14-2-4-15(5-3-14)23-17-6-8-18(22-13-17)21(25)24-16-7-9-19-20(12-16)27-11-10-26-19/h2-9,12-13,23H,10-11H2,1H3,(H,24,25). The Labute approximate surface area is 157 Å². The van der Waals surface area contributed by atoms with E-state index in [-0.39, 0.29) is 5.91 Å². The van der Waals surface area contributed by atoms with Crippen molar-refractivity contribution in [2.24, 2.45) is 0 Å². The predicted octanol–water partition coefficient (Wildman–Crippen LogP) is 4.16. The van der Waals surface area contributed by atoms with Crippen molar-refractivity contribution in [3.63, 3.8) is 0 Å². The molecule has 0 saturated carbocycles. The van der Waals surface area contributed by atoms with E-state index in [1.807, 2.05) is 37.3 Å². The van der Waals surface area contributed by atoms with Crippen molar-refractivity contribution < 1.29 is 14.3 Å². The van der Waals surface area contributed by atoms with Crippen molar-refractivity contribution in [3.8, 4) is 11.5 Å². The third-order valence-electron chi connectivity index (χ3n) is 4.14. The third kappa shape index (κ3) is 4.00. The number of pyridine rings is 1. The molecule has 0 spiro atoms. The number of anilines is 3. The molecule has 0 atom stereocenters. The molecule has 1 aromatic heterocycles. The number of nitrogens with zero attached hydrogens (tertiary/aromatic N) is 1. The van der Waals surface area contributed by atoms with Gasteiger partial charge in [-0.15, -0.1) is 0 Å². The fourth-order valence-electron chi connectivity index (χ4n) is 2.72. The van der Waals surface area contributed by atoms with Crippen molar-refractivity contribution in [2.45, 2.75) is 6.92 Å². The normalized spacial score (nSPS) is 12.3. The van der Waals surface area contributed by atoms with Crippen molar-refractivity contribution >= 4 is 23.0 Å². The maximum absolute atomic E-state index is 12.4. The quantitative estimate of drug-likeness (QED) is 0.730. The molecule has 0 fully saturated rings. The number of aryl methyl sites for hydroxylation is 1. The van der Waals surface area contributed by atoms with Gasteiger partial charge in [-0.05, 0) is 43.3 Å². The maximum Gasteiger partial charge on any atom is 0.274 e. The lowest BCUT2D eigenvalue weighted by Crippen LogP contribution is -2.17. The van der Waals surface area contributed by atoms with E-state index in [4.69, 9.17) is 9.47 Å². The van der Waals surface area contributed by atoms with E-state index in [1.54, 1.807) is 30.5 Å². The molecule has 3 aromatic rings. The molecule has 0 unspecified atom stereocenters. The highest BCUT2D eigenvalue weighted by Gasteiger charge is 2.14. The van der Waals surface area contributed by atoms with Gasteiger partial charge in [0.15, 0.2) is 11.5 Å². The summed E-state index contributed by atoms with van der Waals surface area (Å²) in [4.78, 5) is 16.7. The molecule has 1 aliphatic heterocycles. The molecule has 0 saturated heterocycles. The third-order valence-corrected chi connectivity index (χ3v) is 4.14.